The van der Waals surface area contributed by atoms with Gasteiger partial charge in [-0.05, 0) is 19.1 Å². The number of carbonyl (C=O) groups excluding carboxylic acids is 1. The lowest BCUT2D eigenvalue weighted by Gasteiger charge is -2.16. The molecule has 0 atom stereocenters. The molecule has 1 aromatic carbocycles. The predicted molar refractivity (Wildman–Crippen MR) is 91.0 cm³/mol. The van der Waals surface area contributed by atoms with E-state index in [1.165, 1.54) is 6.92 Å². The first kappa shape index (κ1) is 17.8. The van der Waals surface area contributed by atoms with E-state index < -0.39 is 27.1 Å². The van der Waals surface area contributed by atoms with Crippen LogP contribution in [-0.2, 0) is 0 Å². The summed E-state index contributed by atoms with van der Waals surface area (Å²) in [5, 5.41) is 24.7. The lowest BCUT2D eigenvalue weighted by molar-refractivity contribution is -0.394. The van der Waals surface area contributed by atoms with Crippen LogP contribution in [-0.4, -0.2) is 34.8 Å². The van der Waals surface area contributed by atoms with Gasteiger partial charge in [0.2, 0.25) is 0 Å². The number of rotatable bonds is 5. The molecule has 0 saturated carbocycles. The first-order chi connectivity index (χ1) is 11.7. The largest absolute Gasteiger partial charge is 0.361 e. The molecule has 0 bridgehead atoms. The second-order valence-electron chi connectivity index (χ2n) is 5.37. The fraction of sp³-hybridized carbons (Fsp3) is 0.200. The van der Waals surface area contributed by atoms with Crippen LogP contribution in [0.15, 0.2) is 30.5 Å². The Hall–Kier alpha value is -3.56. The highest BCUT2D eigenvalue weighted by Crippen LogP contribution is 2.29. The normalized spacial score (nSPS) is 10.2. The van der Waals surface area contributed by atoms with Gasteiger partial charge in [0.15, 0.2) is 5.82 Å². The maximum atomic E-state index is 12.6. The number of nitrogens with zero attached hydrogens (tertiary/aromatic N) is 4. The van der Waals surface area contributed by atoms with E-state index in [1.807, 2.05) is 0 Å². The molecule has 0 unspecified atom stereocenters. The van der Waals surface area contributed by atoms with Crippen molar-refractivity contribution >= 4 is 28.8 Å². The zero-order valence-electron chi connectivity index (χ0n) is 13.7. The molecule has 0 radical (unpaired) electrons. The van der Waals surface area contributed by atoms with Crippen LogP contribution in [0.3, 0.4) is 0 Å². The Bertz CT molecular complexity index is 865. The predicted octanol–water partition coefficient (Wildman–Crippen LogP) is 2.52. The molecule has 1 heterocycles. The van der Waals surface area contributed by atoms with Crippen LogP contribution in [0.4, 0.5) is 22.9 Å². The van der Waals surface area contributed by atoms with Gasteiger partial charge in [0, 0.05) is 31.9 Å². The van der Waals surface area contributed by atoms with Crippen molar-refractivity contribution in [3.8, 4) is 0 Å². The van der Waals surface area contributed by atoms with Crippen LogP contribution in [0.1, 0.15) is 15.9 Å². The van der Waals surface area contributed by atoms with Crippen molar-refractivity contribution in [1.82, 2.24) is 4.98 Å². The van der Waals surface area contributed by atoms with Gasteiger partial charge in [0.1, 0.15) is 0 Å². The highest BCUT2D eigenvalue weighted by atomic mass is 16.6. The molecule has 1 amide bonds. The lowest BCUT2D eigenvalue weighted by atomic mass is 10.0. The minimum absolute atomic E-state index is 0.0448. The quantitative estimate of drug-likeness (QED) is 0.650. The van der Waals surface area contributed by atoms with Crippen LogP contribution in [0, 0.1) is 27.2 Å². The molecule has 130 valence electrons. The molecule has 10 heteroatoms. The standard InChI is InChI=1S/C15H15N5O5/c1-9-11(7-10(19(22)23)8-13(9)20(24)25)15(21)17-12-5-4-6-16-14(12)18(2)3/h4-8H,1-3H3,(H,17,21). The highest BCUT2D eigenvalue weighted by molar-refractivity contribution is 6.07. The van der Waals surface area contributed by atoms with E-state index in [4.69, 9.17) is 0 Å². The van der Waals surface area contributed by atoms with Crippen molar-refractivity contribution in [2.24, 2.45) is 0 Å². The van der Waals surface area contributed by atoms with E-state index in [9.17, 15) is 25.0 Å². The van der Waals surface area contributed by atoms with Gasteiger partial charge in [-0.2, -0.15) is 0 Å². The molecular formula is C15H15N5O5. The zero-order chi connectivity index (χ0) is 18.7. The van der Waals surface area contributed by atoms with Crippen molar-refractivity contribution < 1.29 is 14.6 Å². The van der Waals surface area contributed by atoms with Gasteiger partial charge in [-0.15, -0.1) is 0 Å². The summed E-state index contributed by atoms with van der Waals surface area (Å²) < 4.78 is 0. The van der Waals surface area contributed by atoms with Crippen molar-refractivity contribution in [2.45, 2.75) is 6.92 Å². The van der Waals surface area contributed by atoms with E-state index in [0.717, 1.165) is 12.1 Å². The molecule has 25 heavy (non-hydrogen) atoms. The Morgan fingerprint density at radius 2 is 1.88 bits per heavy atom. The molecule has 0 aliphatic carbocycles. The summed E-state index contributed by atoms with van der Waals surface area (Å²) in [6.45, 7) is 1.37. The van der Waals surface area contributed by atoms with Crippen molar-refractivity contribution in [2.75, 3.05) is 24.3 Å². The SMILES string of the molecule is Cc1c(C(=O)Nc2cccnc2N(C)C)cc([N+](=O)[O-])cc1[N+](=O)[O-]. The number of anilines is 2. The van der Waals surface area contributed by atoms with Gasteiger partial charge in [-0.3, -0.25) is 25.0 Å². The second-order valence-corrected chi connectivity index (χ2v) is 5.37. The number of aromatic nitrogens is 1. The Labute approximate surface area is 142 Å². The van der Waals surface area contributed by atoms with Crippen LogP contribution in [0.25, 0.3) is 0 Å². The number of hydrogen-bond donors (Lipinski definition) is 1. The molecule has 1 aromatic heterocycles. The van der Waals surface area contributed by atoms with E-state index in [0.29, 0.717) is 11.5 Å². The number of hydrogen-bond acceptors (Lipinski definition) is 7. The fourth-order valence-electron chi connectivity index (χ4n) is 2.26. The van der Waals surface area contributed by atoms with Gasteiger partial charge in [0.25, 0.3) is 17.3 Å². The Balaban J connectivity index is 2.49. The summed E-state index contributed by atoms with van der Waals surface area (Å²) in [7, 11) is 3.48. The number of pyridine rings is 1. The molecule has 0 saturated heterocycles. The summed E-state index contributed by atoms with van der Waals surface area (Å²) in [5.41, 5.74) is -0.733. The number of nitro groups is 2. The summed E-state index contributed by atoms with van der Waals surface area (Å²) in [6, 6.07) is 5.08. The third kappa shape index (κ3) is 3.68. The summed E-state index contributed by atoms with van der Waals surface area (Å²) in [4.78, 5) is 38.9. The van der Waals surface area contributed by atoms with Gasteiger partial charge >= 0.3 is 0 Å². The van der Waals surface area contributed by atoms with Crippen molar-refractivity contribution in [3.05, 3.63) is 61.8 Å². The molecule has 0 aliphatic heterocycles. The molecule has 10 nitrogen and oxygen atoms in total. The molecule has 1 N–H and O–H groups in total. The summed E-state index contributed by atoms with van der Waals surface area (Å²) in [5.74, 6) is -0.214. The number of carbonyl (C=O) groups is 1. The Kier molecular flexibility index (Phi) is 4.92. The average molecular weight is 345 g/mol. The number of nitrogens with one attached hydrogen (secondary N) is 1. The summed E-state index contributed by atoms with van der Waals surface area (Å²) in [6.07, 6.45) is 1.55. The third-order valence-corrected chi connectivity index (χ3v) is 3.48. The number of benzene rings is 1. The Morgan fingerprint density at radius 1 is 1.20 bits per heavy atom. The van der Waals surface area contributed by atoms with Crippen molar-refractivity contribution in [3.63, 3.8) is 0 Å². The smallest absolute Gasteiger partial charge is 0.279 e. The van der Waals surface area contributed by atoms with E-state index in [-0.39, 0.29) is 11.1 Å². The first-order valence-electron chi connectivity index (χ1n) is 7.09. The van der Waals surface area contributed by atoms with Gasteiger partial charge in [-0.1, -0.05) is 0 Å². The maximum Gasteiger partial charge on any atom is 0.279 e. The highest BCUT2D eigenvalue weighted by Gasteiger charge is 2.25. The van der Waals surface area contributed by atoms with Gasteiger partial charge in [-0.25, -0.2) is 4.98 Å². The number of nitro benzene ring substituents is 2. The van der Waals surface area contributed by atoms with Crippen LogP contribution < -0.4 is 10.2 Å². The first-order valence-corrected chi connectivity index (χ1v) is 7.09. The van der Waals surface area contributed by atoms with E-state index in [1.54, 1.807) is 37.3 Å². The molecule has 0 spiro atoms. The van der Waals surface area contributed by atoms with Crippen LogP contribution in [0.5, 0.6) is 0 Å². The van der Waals surface area contributed by atoms with Crippen LogP contribution >= 0.6 is 0 Å². The summed E-state index contributed by atoms with van der Waals surface area (Å²) >= 11 is 0. The molecule has 0 fully saturated rings. The van der Waals surface area contributed by atoms with Crippen molar-refractivity contribution in [1.29, 1.82) is 0 Å². The van der Waals surface area contributed by atoms with Gasteiger partial charge in [0.05, 0.1) is 27.2 Å². The van der Waals surface area contributed by atoms with E-state index >= 15 is 0 Å². The topological polar surface area (TPSA) is 132 Å². The van der Waals surface area contributed by atoms with Crippen LogP contribution in [0.2, 0.25) is 0 Å². The lowest BCUT2D eigenvalue weighted by Crippen LogP contribution is -2.19. The fourth-order valence-corrected chi connectivity index (χ4v) is 2.26. The van der Waals surface area contributed by atoms with Gasteiger partial charge < -0.3 is 10.2 Å². The number of non-ortho nitro benzene ring substituents is 1. The minimum Gasteiger partial charge on any atom is -0.361 e. The molecular weight excluding hydrogens is 330 g/mol. The second kappa shape index (κ2) is 6.91. The Morgan fingerprint density at radius 3 is 2.44 bits per heavy atom. The maximum absolute atomic E-state index is 12.6. The average Bonchev–Trinajstić information content (AvgIpc) is 2.54. The van der Waals surface area contributed by atoms with E-state index in [2.05, 4.69) is 10.3 Å². The molecule has 2 rings (SSSR count). The number of amides is 1. The molecule has 0 aliphatic rings. The monoisotopic (exact) mass is 345 g/mol. The third-order valence-electron chi connectivity index (χ3n) is 3.48. The zero-order valence-corrected chi connectivity index (χ0v) is 13.7. The molecule has 2 aromatic rings. The minimum atomic E-state index is -0.779.